The molecule has 1 N–H and O–H groups in total. The molecule has 8 heteroatoms. The van der Waals surface area contributed by atoms with Crippen LogP contribution >= 0.6 is 0 Å². The van der Waals surface area contributed by atoms with Crippen LogP contribution in [0, 0.1) is 17.5 Å². The molecule has 1 saturated heterocycles. The van der Waals surface area contributed by atoms with Crippen LogP contribution in [0.2, 0.25) is 0 Å². The second kappa shape index (κ2) is 11.1. The van der Waals surface area contributed by atoms with E-state index in [1.165, 1.54) is 30.3 Å². The highest BCUT2D eigenvalue weighted by Crippen LogP contribution is 2.47. The number of carboxylic acid groups (broad SMARTS) is 1. The van der Waals surface area contributed by atoms with Gasteiger partial charge in [0.05, 0.1) is 16.5 Å². The van der Waals surface area contributed by atoms with E-state index in [2.05, 4.69) is 0 Å². The van der Waals surface area contributed by atoms with Gasteiger partial charge in [-0.2, -0.15) is 0 Å². The Morgan fingerprint density at radius 2 is 1.63 bits per heavy atom. The minimum absolute atomic E-state index is 0.0663. The number of benzene rings is 4. The third-order valence-electron chi connectivity index (χ3n) is 7.46. The van der Waals surface area contributed by atoms with Gasteiger partial charge in [-0.3, -0.25) is 0 Å². The summed E-state index contributed by atoms with van der Waals surface area (Å²) >= 11 is 0. The Labute approximate surface area is 234 Å². The van der Waals surface area contributed by atoms with Crippen molar-refractivity contribution >= 4 is 16.9 Å². The minimum atomic E-state index is -1.06. The molecule has 1 aromatic heterocycles. The Kier molecular flexibility index (Phi) is 7.24. The number of rotatable bonds is 7. The predicted octanol–water partition coefficient (Wildman–Crippen LogP) is 7.89. The van der Waals surface area contributed by atoms with Gasteiger partial charge in [0.25, 0.3) is 0 Å². The topological polar surface area (TPSA) is 60.7 Å². The summed E-state index contributed by atoms with van der Waals surface area (Å²) in [5, 5.41) is 10.1. The number of halogens is 3. The molecule has 5 aromatic rings. The molecular formula is C33H26F3NO4. The van der Waals surface area contributed by atoms with Gasteiger partial charge in [-0.1, -0.05) is 42.5 Å². The highest BCUT2D eigenvalue weighted by atomic mass is 19.2. The molecule has 2 heterocycles. The van der Waals surface area contributed by atoms with Crippen LogP contribution < -0.4 is 4.74 Å². The van der Waals surface area contributed by atoms with E-state index in [-0.39, 0.29) is 23.8 Å². The van der Waals surface area contributed by atoms with Gasteiger partial charge in [-0.25, -0.2) is 18.0 Å². The summed E-state index contributed by atoms with van der Waals surface area (Å²) in [6, 6.07) is 22.2. The molecule has 0 unspecified atom stereocenters. The first-order valence-corrected chi connectivity index (χ1v) is 13.3. The third-order valence-corrected chi connectivity index (χ3v) is 7.46. The van der Waals surface area contributed by atoms with Crippen LogP contribution in [0.15, 0.2) is 84.9 Å². The molecule has 5 nitrogen and oxygen atoms in total. The Morgan fingerprint density at radius 1 is 0.902 bits per heavy atom. The molecule has 208 valence electrons. The summed E-state index contributed by atoms with van der Waals surface area (Å²) in [7, 11) is 0. The number of aromatic nitrogens is 1. The molecule has 1 fully saturated rings. The van der Waals surface area contributed by atoms with Crippen molar-refractivity contribution in [2.75, 3.05) is 13.2 Å². The summed E-state index contributed by atoms with van der Waals surface area (Å²) in [6.45, 7) is 1.19. The first-order valence-electron chi connectivity index (χ1n) is 13.3. The monoisotopic (exact) mass is 557 g/mol. The number of hydrogen-bond acceptors (Lipinski definition) is 3. The second-order valence-corrected chi connectivity index (χ2v) is 10.0. The van der Waals surface area contributed by atoms with E-state index in [0.29, 0.717) is 48.2 Å². The zero-order valence-electron chi connectivity index (χ0n) is 21.9. The quantitative estimate of drug-likeness (QED) is 0.221. The summed E-state index contributed by atoms with van der Waals surface area (Å²) in [5.74, 6) is -3.39. The Hall–Kier alpha value is -4.56. The van der Waals surface area contributed by atoms with Gasteiger partial charge < -0.3 is 19.1 Å². The van der Waals surface area contributed by atoms with Crippen molar-refractivity contribution < 1.29 is 32.5 Å². The van der Waals surface area contributed by atoms with Crippen LogP contribution in [0.25, 0.3) is 27.7 Å². The molecule has 1 aliphatic rings. The van der Waals surface area contributed by atoms with Crippen molar-refractivity contribution in [1.82, 2.24) is 4.57 Å². The smallest absolute Gasteiger partial charge is 0.335 e. The average Bonchev–Trinajstić information content (AvgIpc) is 3.33. The molecule has 0 radical (unpaired) electrons. The maximum atomic E-state index is 15.3. The van der Waals surface area contributed by atoms with E-state index in [1.807, 2.05) is 30.3 Å². The zero-order chi connectivity index (χ0) is 28.5. The van der Waals surface area contributed by atoms with Crippen LogP contribution in [-0.2, 0) is 11.3 Å². The number of aromatic carboxylic acids is 1. The lowest BCUT2D eigenvalue weighted by Crippen LogP contribution is -2.17. The third kappa shape index (κ3) is 5.18. The average molecular weight is 558 g/mol. The second-order valence-electron chi connectivity index (χ2n) is 10.0. The SMILES string of the molecule is O=C(O)c1ccc(-c2c(C3CCOCC3)n(-c3ccc(F)c(F)c3)c3cc(F)cc(OCc4ccccc4)c23)cc1. The lowest BCUT2D eigenvalue weighted by molar-refractivity contribution is 0.0697. The largest absolute Gasteiger partial charge is 0.488 e. The van der Waals surface area contributed by atoms with Crippen LogP contribution in [0.3, 0.4) is 0 Å². The number of ether oxygens (including phenoxy) is 2. The normalized spacial score (nSPS) is 13.9. The van der Waals surface area contributed by atoms with Gasteiger partial charge in [0.1, 0.15) is 18.2 Å². The number of nitrogens with zero attached hydrogens (tertiary/aromatic N) is 1. The number of carboxylic acids is 1. The van der Waals surface area contributed by atoms with Gasteiger partial charge in [0, 0.05) is 48.2 Å². The first kappa shape index (κ1) is 26.7. The number of fused-ring (bicyclic) bond motifs is 1. The standard InChI is InChI=1S/C33H26F3NO4/c34-24-16-28-31(29(17-24)41-19-20-4-2-1-3-5-20)30(21-6-8-23(9-7-21)33(38)39)32(22-12-14-40-15-13-22)37(28)25-10-11-26(35)27(36)18-25/h1-11,16-18,22H,12-15,19H2,(H,38,39). The summed E-state index contributed by atoms with van der Waals surface area (Å²) in [6.07, 6.45) is 1.31. The Morgan fingerprint density at radius 3 is 2.32 bits per heavy atom. The van der Waals surface area contributed by atoms with E-state index in [0.717, 1.165) is 29.0 Å². The van der Waals surface area contributed by atoms with Crippen molar-refractivity contribution in [2.24, 2.45) is 0 Å². The highest BCUT2D eigenvalue weighted by Gasteiger charge is 2.30. The summed E-state index contributed by atoms with van der Waals surface area (Å²) in [4.78, 5) is 11.6. The van der Waals surface area contributed by atoms with Gasteiger partial charge >= 0.3 is 5.97 Å². The van der Waals surface area contributed by atoms with Crippen molar-refractivity contribution in [1.29, 1.82) is 0 Å². The Balaban J connectivity index is 1.66. The zero-order valence-corrected chi connectivity index (χ0v) is 21.9. The van der Waals surface area contributed by atoms with Crippen LogP contribution in [0.4, 0.5) is 13.2 Å². The lowest BCUT2D eigenvalue weighted by Gasteiger charge is -2.26. The van der Waals surface area contributed by atoms with Gasteiger partial charge in [0.2, 0.25) is 0 Å². The molecule has 0 atom stereocenters. The van der Waals surface area contributed by atoms with E-state index in [1.54, 1.807) is 16.7 Å². The van der Waals surface area contributed by atoms with E-state index >= 15 is 4.39 Å². The molecule has 41 heavy (non-hydrogen) atoms. The molecular weight excluding hydrogens is 531 g/mol. The van der Waals surface area contributed by atoms with Crippen LogP contribution in [0.5, 0.6) is 5.75 Å². The maximum absolute atomic E-state index is 15.3. The summed E-state index contributed by atoms with van der Waals surface area (Å²) < 4.78 is 57.5. The van der Waals surface area contributed by atoms with Gasteiger partial charge in [-0.15, -0.1) is 0 Å². The van der Waals surface area contributed by atoms with Crippen molar-refractivity contribution in [3.63, 3.8) is 0 Å². The van der Waals surface area contributed by atoms with Crippen LogP contribution in [0.1, 0.15) is 40.4 Å². The van der Waals surface area contributed by atoms with Gasteiger partial charge in [0.15, 0.2) is 11.6 Å². The van der Waals surface area contributed by atoms with E-state index in [9.17, 15) is 18.7 Å². The molecule has 4 aromatic carbocycles. The first-order chi connectivity index (χ1) is 19.9. The fourth-order valence-electron chi connectivity index (χ4n) is 5.55. The maximum Gasteiger partial charge on any atom is 0.335 e. The fraction of sp³-hybridized carbons (Fsp3) is 0.182. The van der Waals surface area contributed by atoms with E-state index < -0.39 is 23.4 Å². The molecule has 0 amide bonds. The summed E-state index contributed by atoms with van der Waals surface area (Å²) in [5.41, 5.74) is 3.96. The van der Waals surface area contributed by atoms with Crippen molar-refractivity contribution in [2.45, 2.75) is 25.4 Å². The molecule has 6 rings (SSSR count). The molecule has 1 aliphatic heterocycles. The minimum Gasteiger partial charge on any atom is -0.488 e. The molecule has 0 aliphatic carbocycles. The van der Waals surface area contributed by atoms with E-state index in [4.69, 9.17) is 9.47 Å². The molecule has 0 spiro atoms. The Bertz CT molecular complexity index is 1730. The molecule has 0 saturated carbocycles. The lowest BCUT2D eigenvalue weighted by atomic mass is 9.89. The van der Waals surface area contributed by atoms with Crippen molar-refractivity contribution in [3.05, 3.63) is 119 Å². The number of carbonyl (C=O) groups is 1. The highest BCUT2D eigenvalue weighted by molar-refractivity contribution is 6.04. The van der Waals surface area contributed by atoms with Crippen LogP contribution in [-0.4, -0.2) is 28.9 Å². The fourth-order valence-corrected chi connectivity index (χ4v) is 5.55. The molecule has 0 bridgehead atoms. The van der Waals surface area contributed by atoms with Gasteiger partial charge in [-0.05, 0) is 54.3 Å². The predicted molar refractivity (Wildman–Crippen MR) is 149 cm³/mol. The van der Waals surface area contributed by atoms with Crippen molar-refractivity contribution in [3.8, 4) is 22.6 Å². The number of hydrogen-bond donors (Lipinski definition) is 1.